The smallest absolute Gasteiger partial charge is 0.410 e. The van der Waals surface area contributed by atoms with Crippen LogP contribution in [0.25, 0.3) is 11.0 Å². The molecule has 2 aromatic rings. The first-order chi connectivity index (χ1) is 13.5. The number of carbonyl (C=O) groups is 1. The van der Waals surface area contributed by atoms with E-state index in [-0.39, 0.29) is 5.69 Å². The van der Waals surface area contributed by atoms with Gasteiger partial charge in [0.25, 0.3) is 0 Å². The SMILES string of the molecule is Cn1c(=O)c([N+](=O)[O-])c(N2CCN(C(=O)OC(C)(C)C)CC2)c2nc(Br)ccc21. The van der Waals surface area contributed by atoms with Crippen molar-refractivity contribution in [2.24, 2.45) is 7.05 Å². The van der Waals surface area contributed by atoms with E-state index in [4.69, 9.17) is 4.74 Å². The molecule has 3 rings (SSSR count). The van der Waals surface area contributed by atoms with E-state index in [2.05, 4.69) is 20.9 Å². The Balaban J connectivity index is 2.00. The monoisotopic (exact) mass is 467 g/mol. The van der Waals surface area contributed by atoms with Gasteiger partial charge in [0.2, 0.25) is 0 Å². The van der Waals surface area contributed by atoms with E-state index in [9.17, 15) is 19.7 Å². The molecule has 0 aromatic carbocycles. The van der Waals surface area contributed by atoms with Crippen molar-refractivity contribution in [3.05, 3.63) is 37.2 Å². The van der Waals surface area contributed by atoms with E-state index in [0.717, 1.165) is 0 Å². The summed E-state index contributed by atoms with van der Waals surface area (Å²) in [4.78, 5) is 43.7. The first kappa shape index (κ1) is 21.0. The van der Waals surface area contributed by atoms with Crippen LogP contribution in [0.1, 0.15) is 20.8 Å². The number of pyridine rings is 2. The van der Waals surface area contributed by atoms with Crippen molar-refractivity contribution in [2.75, 3.05) is 31.1 Å². The Bertz CT molecular complexity index is 1040. The zero-order valence-corrected chi connectivity index (χ0v) is 18.2. The summed E-state index contributed by atoms with van der Waals surface area (Å²) in [5.74, 6) is 0. The molecule has 0 bridgehead atoms. The number of hydrogen-bond donors (Lipinski definition) is 0. The van der Waals surface area contributed by atoms with Crippen LogP contribution in [-0.4, -0.2) is 57.2 Å². The lowest BCUT2D eigenvalue weighted by Gasteiger charge is -2.36. The lowest BCUT2D eigenvalue weighted by atomic mass is 10.2. The van der Waals surface area contributed by atoms with Crippen LogP contribution in [-0.2, 0) is 11.8 Å². The maximum absolute atomic E-state index is 12.7. The molecule has 0 atom stereocenters. The number of aryl methyl sites for hydroxylation is 1. The minimum Gasteiger partial charge on any atom is -0.444 e. The maximum atomic E-state index is 12.7. The van der Waals surface area contributed by atoms with Crippen molar-refractivity contribution in [1.82, 2.24) is 14.5 Å². The van der Waals surface area contributed by atoms with Crippen LogP contribution < -0.4 is 10.5 Å². The van der Waals surface area contributed by atoms with E-state index in [0.29, 0.717) is 41.8 Å². The number of hydrogen-bond acceptors (Lipinski definition) is 7. The Morgan fingerprint density at radius 1 is 1.24 bits per heavy atom. The first-order valence-corrected chi connectivity index (χ1v) is 9.85. The van der Waals surface area contributed by atoms with Crippen LogP contribution in [0.5, 0.6) is 0 Å². The van der Waals surface area contributed by atoms with Crippen molar-refractivity contribution < 1.29 is 14.5 Å². The second-order valence-electron chi connectivity index (χ2n) is 7.77. The number of ether oxygens (including phenoxy) is 1. The molecule has 10 nitrogen and oxygen atoms in total. The van der Waals surface area contributed by atoms with Crippen LogP contribution in [0.4, 0.5) is 16.2 Å². The summed E-state index contributed by atoms with van der Waals surface area (Å²) in [7, 11) is 1.48. The van der Waals surface area contributed by atoms with Gasteiger partial charge in [-0.3, -0.25) is 14.9 Å². The van der Waals surface area contributed by atoms with Gasteiger partial charge in [-0.15, -0.1) is 0 Å². The average Bonchev–Trinajstić information content (AvgIpc) is 2.62. The fourth-order valence-corrected chi connectivity index (χ4v) is 3.57. The molecule has 11 heteroatoms. The van der Waals surface area contributed by atoms with Gasteiger partial charge in [-0.2, -0.15) is 0 Å². The summed E-state index contributed by atoms with van der Waals surface area (Å²) in [5, 5.41) is 11.7. The summed E-state index contributed by atoms with van der Waals surface area (Å²) in [6.07, 6.45) is -0.429. The summed E-state index contributed by atoms with van der Waals surface area (Å²) >= 11 is 3.30. The zero-order valence-electron chi connectivity index (χ0n) is 16.6. The quantitative estimate of drug-likeness (QED) is 0.379. The van der Waals surface area contributed by atoms with Crippen LogP contribution in [0, 0.1) is 10.1 Å². The minimum absolute atomic E-state index is 0.179. The predicted molar refractivity (Wildman–Crippen MR) is 111 cm³/mol. The molecule has 0 N–H and O–H groups in total. The lowest BCUT2D eigenvalue weighted by molar-refractivity contribution is -0.385. The predicted octanol–water partition coefficient (Wildman–Crippen LogP) is 2.66. The Hall–Kier alpha value is -2.69. The third-order valence-electron chi connectivity index (χ3n) is 4.59. The van der Waals surface area contributed by atoms with Gasteiger partial charge in [0.05, 0.1) is 10.4 Å². The van der Waals surface area contributed by atoms with Crippen molar-refractivity contribution >= 4 is 44.4 Å². The van der Waals surface area contributed by atoms with E-state index in [1.54, 1.807) is 42.7 Å². The number of carbonyl (C=O) groups excluding carboxylic acids is 1. The highest BCUT2D eigenvalue weighted by Crippen LogP contribution is 2.33. The highest BCUT2D eigenvalue weighted by molar-refractivity contribution is 9.10. The molecular formula is C18H22BrN5O5. The second-order valence-corrected chi connectivity index (χ2v) is 8.59. The van der Waals surface area contributed by atoms with Gasteiger partial charge in [-0.25, -0.2) is 9.78 Å². The fraction of sp³-hybridized carbons (Fsp3) is 0.500. The van der Waals surface area contributed by atoms with Gasteiger partial charge in [0.15, 0.2) is 5.69 Å². The maximum Gasteiger partial charge on any atom is 0.410 e. The molecule has 156 valence electrons. The second kappa shape index (κ2) is 7.62. The summed E-state index contributed by atoms with van der Waals surface area (Å²) in [5.41, 5.74) is -0.789. The topological polar surface area (TPSA) is 111 Å². The normalized spacial score (nSPS) is 14.9. The van der Waals surface area contributed by atoms with Gasteiger partial charge in [-0.05, 0) is 48.8 Å². The van der Waals surface area contributed by atoms with Crippen LogP contribution >= 0.6 is 15.9 Å². The molecule has 1 aliphatic rings. The number of fused-ring (bicyclic) bond motifs is 1. The summed E-state index contributed by atoms with van der Waals surface area (Å²) in [6.45, 7) is 6.64. The number of piperazine rings is 1. The standard InChI is InChI=1S/C18H22BrN5O5/c1-18(2,3)29-17(26)23-9-7-22(8-10-23)14-13-11(5-6-12(19)20-13)21(4)16(25)15(14)24(27)28/h5-6H,7-10H2,1-4H3. The van der Waals surface area contributed by atoms with Gasteiger partial charge >= 0.3 is 17.3 Å². The van der Waals surface area contributed by atoms with Crippen LogP contribution in [0.2, 0.25) is 0 Å². The zero-order chi connectivity index (χ0) is 21.5. The highest BCUT2D eigenvalue weighted by Gasteiger charge is 2.33. The van der Waals surface area contributed by atoms with E-state index >= 15 is 0 Å². The van der Waals surface area contributed by atoms with Crippen molar-refractivity contribution in [3.8, 4) is 0 Å². The van der Waals surface area contributed by atoms with E-state index in [1.807, 2.05) is 0 Å². The van der Waals surface area contributed by atoms with E-state index in [1.165, 1.54) is 11.6 Å². The summed E-state index contributed by atoms with van der Waals surface area (Å²) < 4.78 is 7.12. The molecule has 1 fully saturated rings. The Morgan fingerprint density at radius 2 is 1.86 bits per heavy atom. The molecule has 1 aliphatic heterocycles. The Kier molecular flexibility index (Phi) is 5.52. The van der Waals surface area contributed by atoms with Crippen molar-refractivity contribution in [2.45, 2.75) is 26.4 Å². The number of nitrogens with zero attached hydrogens (tertiary/aromatic N) is 5. The fourth-order valence-electron chi connectivity index (χ4n) is 3.26. The third-order valence-corrected chi connectivity index (χ3v) is 5.03. The van der Waals surface area contributed by atoms with Gasteiger partial charge in [-0.1, -0.05) is 0 Å². The van der Waals surface area contributed by atoms with Gasteiger partial charge in [0.1, 0.15) is 15.7 Å². The van der Waals surface area contributed by atoms with E-state index < -0.39 is 27.9 Å². The molecule has 3 heterocycles. The molecule has 1 amide bonds. The molecule has 0 spiro atoms. The molecule has 29 heavy (non-hydrogen) atoms. The van der Waals surface area contributed by atoms with Crippen LogP contribution in [0.3, 0.4) is 0 Å². The number of halogens is 1. The highest BCUT2D eigenvalue weighted by atomic mass is 79.9. The molecule has 2 aromatic heterocycles. The number of rotatable bonds is 2. The molecular weight excluding hydrogens is 446 g/mol. The molecule has 0 radical (unpaired) electrons. The number of nitro groups is 1. The van der Waals surface area contributed by atoms with Crippen molar-refractivity contribution in [3.63, 3.8) is 0 Å². The number of amides is 1. The third kappa shape index (κ3) is 4.19. The molecule has 0 aliphatic carbocycles. The number of anilines is 1. The minimum atomic E-state index is -0.698. The largest absolute Gasteiger partial charge is 0.444 e. The van der Waals surface area contributed by atoms with Gasteiger partial charge < -0.3 is 19.1 Å². The Labute approximate surface area is 175 Å². The average molecular weight is 468 g/mol. The molecule has 0 saturated carbocycles. The van der Waals surface area contributed by atoms with Gasteiger partial charge in [0, 0.05) is 33.2 Å². The summed E-state index contributed by atoms with van der Waals surface area (Å²) in [6, 6.07) is 3.37. The Morgan fingerprint density at radius 3 is 2.41 bits per heavy atom. The first-order valence-electron chi connectivity index (χ1n) is 9.06. The number of aromatic nitrogens is 2. The lowest BCUT2D eigenvalue weighted by Crippen LogP contribution is -2.50. The molecule has 1 saturated heterocycles. The molecule has 0 unspecified atom stereocenters. The van der Waals surface area contributed by atoms with Crippen molar-refractivity contribution in [1.29, 1.82) is 0 Å². The van der Waals surface area contributed by atoms with Crippen LogP contribution in [0.15, 0.2) is 21.5 Å².